The first kappa shape index (κ1) is 12.5. The molecule has 0 amide bonds. The van der Waals surface area contributed by atoms with Gasteiger partial charge in [-0.15, -0.1) is 0 Å². The molecule has 0 spiro atoms. The standard InChI is InChI=1S/C12H17ClFN/c1-3-9(2)7-15-8-10-4-5-11(13)6-12(10)14/h4-6,9,15H,3,7-8H2,1-2H3. The summed E-state index contributed by atoms with van der Waals surface area (Å²) >= 11 is 5.66. The highest BCUT2D eigenvalue weighted by Gasteiger charge is 2.03. The lowest BCUT2D eigenvalue weighted by molar-refractivity contribution is 0.492. The molecule has 0 aromatic heterocycles. The Labute approximate surface area is 95.6 Å². The molecule has 0 aliphatic rings. The van der Waals surface area contributed by atoms with Crippen LogP contribution in [-0.4, -0.2) is 6.54 Å². The molecule has 15 heavy (non-hydrogen) atoms. The third-order valence-corrected chi connectivity index (χ3v) is 2.76. The van der Waals surface area contributed by atoms with E-state index in [1.54, 1.807) is 12.1 Å². The molecule has 0 aliphatic heterocycles. The van der Waals surface area contributed by atoms with Crippen LogP contribution in [0.3, 0.4) is 0 Å². The molecule has 0 saturated carbocycles. The Bertz CT molecular complexity index is 314. The predicted octanol–water partition coefficient (Wildman–Crippen LogP) is 3.61. The minimum Gasteiger partial charge on any atom is -0.312 e. The maximum absolute atomic E-state index is 13.3. The molecule has 0 radical (unpaired) electrons. The van der Waals surface area contributed by atoms with E-state index in [1.807, 2.05) is 0 Å². The zero-order valence-corrected chi connectivity index (χ0v) is 9.94. The van der Waals surface area contributed by atoms with Crippen LogP contribution in [0.25, 0.3) is 0 Å². The van der Waals surface area contributed by atoms with Gasteiger partial charge in [0.05, 0.1) is 0 Å². The highest BCUT2D eigenvalue weighted by atomic mass is 35.5. The van der Waals surface area contributed by atoms with E-state index in [4.69, 9.17) is 11.6 Å². The molecule has 3 heteroatoms. The van der Waals surface area contributed by atoms with Gasteiger partial charge in [0, 0.05) is 17.1 Å². The second-order valence-electron chi connectivity index (χ2n) is 3.88. The minimum absolute atomic E-state index is 0.237. The Hall–Kier alpha value is -0.600. The van der Waals surface area contributed by atoms with Crippen molar-refractivity contribution in [3.63, 3.8) is 0 Å². The summed E-state index contributed by atoms with van der Waals surface area (Å²) in [5.41, 5.74) is 0.669. The second-order valence-corrected chi connectivity index (χ2v) is 4.32. The van der Waals surface area contributed by atoms with Crippen molar-refractivity contribution in [2.75, 3.05) is 6.54 Å². The first-order chi connectivity index (χ1) is 7.13. The van der Waals surface area contributed by atoms with Crippen LogP contribution in [0.2, 0.25) is 5.02 Å². The third-order valence-electron chi connectivity index (χ3n) is 2.52. The van der Waals surface area contributed by atoms with Gasteiger partial charge in [0.1, 0.15) is 5.82 Å². The van der Waals surface area contributed by atoms with E-state index in [0.29, 0.717) is 23.0 Å². The molecule has 1 rings (SSSR count). The fourth-order valence-corrected chi connectivity index (χ4v) is 1.42. The maximum atomic E-state index is 13.3. The number of halogens is 2. The summed E-state index contributed by atoms with van der Waals surface area (Å²) in [6, 6.07) is 4.79. The van der Waals surface area contributed by atoms with Crippen LogP contribution in [0.15, 0.2) is 18.2 Å². The minimum atomic E-state index is -0.237. The van der Waals surface area contributed by atoms with Gasteiger partial charge in [0.25, 0.3) is 0 Å². The Morgan fingerprint density at radius 3 is 2.80 bits per heavy atom. The van der Waals surface area contributed by atoms with Crippen LogP contribution in [-0.2, 0) is 6.54 Å². The van der Waals surface area contributed by atoms with Gasteiger partial charge in [0.2, 0.25) is 0 Å². The van der Waals surface area contributed by atoms with E-state index < -0.39 is 0 Å². The van der Waals surface area contributed by atoms with Crippen LogP contribution in [0, 0.1) is 11.7 Å². The van der Waals surface area contributed by atoms with E-state index in [2.05, 4.69) is 19.2 Å². The Balaban J connectivity index is 2.44. The van der Waals surface area contributed by atoms with Gasteiger partial charge in [-0.25, -0.2) is 4.39 Å². The van der Waals surface area contributed by atoms with Crippen molar-refractivity contribution in [1.29, 1.82) is 0 Å². The van der Waals surface area contributed by atoms with Crippen molar-refractivity contribution in [1.82, 2.24) is 5.32 Å². The van der Waals surface area contributed by atoms with Gasteiger partial charge in [-0.2, -0.15) is 0 Å². The number of benzene rings is 1. The number of nitrogens with one attached hydrogen (secondary N) is 1. The average Bonchev–Trinajstić information content (AvgIpc) is 2.21. The molecular weight excluding hydrogens is 213 g/mol. The highest BCUT2D eigenvalue weighted by molar-refractivity contribution is 6.30. The fourth-order valence-electron chi connectivity index (χ4n) is 1.26. The van der Waals surface area contributed by atoms with E-state index in [-0.39, 0.29) is 5.82 Å². The Morgan fingerprint density at radius 1 is 1.47 bits per heavy atom. The first-order valence-corrected chi connectivity index (χ1v) is 5.66. The van der Waals surface area contributed by atoms with Crippen LogP contribution in [0.1, 0.15) is 25.8 Å². The molecule has 1 aromatic rings. The summed E-state index contributed by atoms with van der Waals surface area (Å²) in [4.78, 5) is 0. The Kier molecular flexibility index (Phi) is 5.06. The summed E-state index contributed by atoms with van der Waals surface area (Å²) in [6.45, 7) is 5.80. The molecule has 1 N–H and O–H groups in total. The first-order valence-electron chi connectivity index (χ1n) is 5.28. The lowest BCUT2D eigenvalue weighted by Gasteiger charge is -2.10. The molecule has 0 heterocycles. The highest BCUT2D eigenvalue weighted by Crippen LogP contribution is 2.14. The summed E-state index contributed by atoms with van der Waals surface area (Å²) in [5, 5.41) is 3.67. The third kappa shape index (κ3) is 4.18. The van der Waals surface area contributed by atoms with E-state index in [0.717, 1.165) is 13.0 Å². The zero-order chi connectivity index (χ0) is 11.3. The summed E-state index contributed by atoms with van der Waals surface area (Å²) < 4.78 is 13.3. The smallest absolute Gasteiger partial charge is 0.129 e. The number of hydrogen-bond donors (Lipinski definition) is 1. The fraction of sp³-hybridized carbons (Fsp3) is 0.500. The van der Waals surface area contributed by atoms with Crippen LogP contribution in [0.4, 0.5) is 4.39 Å². The predicted molar refractivity (Wildman–Crippen MR) is 62.6 cm³/mol. The lowest BCUT2D eigenvalue weighted by atomic mass is 10.1. The lowest BCUT2D eigenvalue weighted by Crippen LogP contribution is -2.20. The Morgan fingerprint density at radius 2 is 2.20 bits per heavy atom. The average molecular weight is 230 g/mol. The SMILES string of the molecule is CCC(C)CNCc1ccc(Cl)cc1F. The van der Waals surface area contributed by atoms with Crippen LogP contribution < -0.4 is 5.32 Å². The monoisotopic (exact) mass is 229 g/mol. The van der Waals surface area contributed by atoms with Crippen molar-refractivity contribution in [2.24, 2.45) is 5.92 Å². The largest absolute Gasteiger partial charge is 0.312 e. The normalized spacial score (nSPS) is 12.8. The zero-order valence-electron chi connectivity index (χ0n) is 9.19. The van der Waals surface area contributed by atoms with Crippen molar-refractivity contribution in [3.05, 3.63) is 34.6 Å². The topological polar surface area (TPSA) is 12.0 Å². The molecular formula is C12H17ClFN. The molecule has 1 atom stereocenters. The van der Waals surface area contributed by atoms with E-state index >= 15 is 0 Å². The van der Waals surface area contributed by atoms with Gasteiger partial charge >= 0.3 is 0 Å². The maximum Gasteiger partial charge on any atom is 0.129 e. The molecule has 1 nitrogen and oxygen atoms in total. The second kappa shape index (κ2) is 6.09. The van der Waals surface area contributed by atoms with Crippen molar-refractivity contribution >= 4 is 11.6 Å². The number of hydrogen-bond acceptors (Lipinski definition) is 1. The summed E-state index contributed by atoms with van der Waals surface area (Å²) in [5.74, 6) is 0.388. The molecule has 84 valence electrons. The molecule has 0 saturated heterocycles. The molecule has 1 unspecified atom stereocenters. The van der Waals surface area contributed by atoms with Gasteiger partial charge in [-0.3, -0.25) is 0 Å². The summed E-state index contributed by atoms with van der Waals surface area (Å²) in [6.07, 6.45) is 1.14. The van der Waals surface area contributed by atoms with Crippen molar-refractivity contribution < 1.29 is 4.39 Å². The summed E-state index contributed by atoms with van der Waals surface area (Å²) in [7, 11) is 0. The van der Waals surface area contributed by atoms with Gasteiger partial charge < -0.3 is 5.32 Å². The molecule has 1 aromatic carbocycles. The molecule has 0 bridgehead atoms. The van der Waals surface area contributed by atoms with Crippen LogP contribution in [0.5, 0.6) is 0 Å². The van der Waals surface area contributed by atoms with Crippen molar-refractivity contribution in [3.8, 4) is 0 Å². The van der Waals surface area contributed by atoms with E-state index in [9.17, 15) is 4.39 Å². The van der Waals surface area contributed by atoms with E-state index in [1.165, 1.54) is 6.07 Å². The number of rotatable bonds is 5. The molecule has 0 aliphatic carbocycles. The van der Waals surface area contributed by atoms with Gasteiger partial charge in [-0.1, -0.05) is 37.9 Å². The quantitative estimate of drug-likeness (QED) is 0.813. The van der Waals surface area contributed by atoms with Gasteiger partial charge in [0.15, 0.2) is 0 Å². The van der Waals surface area contributed by atoms with Crippen molar-refractivity contribution in [2.45, 2.75) is 26.8 Å². The van der Waals surface area contributed by atoms with Crippen LogP contribution >= 0.6 is 11.6 Å². The van der Waals surface area contributed by atoms with Gasteiger partial charge in [-0.05, 0) is 24.6 Å². The molecule has 0 fully saturated rings.